The highest BCUT2D eigenvalue weighted by Gasteiger charge is 2.33. The van der Waals surface area contributed by atoms with Gasteiger partial charge in [0.05, 0.1) is 19.4 Å². The molecule has 1 unspecified atom stereocenters. The summed E-state index contributed by atoms with van der Waals surface area (Å²) < 4.78 is 11.0. The molecule has 1 atom stereocenters. The molecule has 0 aromatic heterocycles. The zero-order valence-electron chi connectivity index (χ0n) is 12.2. The number of ether oxygens (including phenoxy) is 2. The van der Waals surface area contributed by atoms with Crippen molar-refractivity contribution >= 4 is 11.6 Å². The minimum absolute atomic E-state index is 0.0527. The number of aliphatic hydroxyl groups is 1. The van der Waals surface area contributed by atoms with Crippen molar-refractivity contribution in [3.05, 3.63) is 17.7 Å². The topological polar surface area (TPSA) is 59.0 Å². The highest BCUT2D eigenvalue weighted by Crippen LogP contribution is 2.42. The maximum absolute atomic E-state index is 12.3. The Bertz CT molecular complexity index is 501. The molecule has 1 aromatic carbocycles. The molecule has 1 amide bonds. The summed E-state index contributed by atoms with van der Waals surface area (Å²) in [4.78, 5) is 14.0. The first-order valence-corrected chi connectivity index (χ1v) is 6.92. The van der Waals surface area contributed by atoms with Crippen molar-refractivity contribution in [3.63, 3.8) is 0 Å². The Balaban J connectivity index is 2.49. The van der Waals surface area contributed by atoms with E-state index in [0.29, 0.717) is 29.3 Å². The quantitative estimate of drug-likeness (QED) is 0.896. The van der Waals surface area contributed by atoms with Gasteiger partial charge in [-0.3, -0.25) is 4.79 Å². The molecule has 1 heterocycles. The molecule has 0 spiro atoms. The number of anilines is 1. The van der Waals surface area contributed by atoms with Crippen molar-refractivity contribution in [3.8, 4) is 11.5 Å². The second-order valence-corrected chi connectivity index (χ2v) is 4.91. The number of unbranched alkanes of at least 4 members (excludes halogenated alkanes) is 1. The molecule has 0 bridgehead atoms. The number of fused-ring (bicyclic) bond motifs is 1. The summed E-state index contributed by atoms with van der Waals surface area (Å²) in [6.07, 6.45) is 1.41. The van der Waals surface area contributed by atoms with Crippen LogP contribution in [0, 0.1) is 0 Å². The average Bonchev–Trinajstić information content (AvgIpc) is 2.47. The van der Waals surface area contributed by atoms with Gasteiger partial charge in [0.25, 0.3) is 5.91 Å². The van der Waals surface area contributed by atoms with E-state index in [1.54, 1.807) is 31.1 Å². The number of amides is 1. The van der Waals surface area contributed by atoms with Crippen molar-refractivity contribution in [1.82, 2.24) is 0 Å². The summed E-state index contributed by atoms with van der Waals surface area (Å²) in [5, 5.41) is 9.34. The van der Waals surface area contributed by atoms with Crippen LogP contribution in [0.5, 0.6) is 11.5 Å². The minimum Gasteiger partial charge on any atom is -0.493 e. The van der Waals surface area contributed by atoms with Gasteiger partial charge in [-0.15, -0.1) is 0 Å². The number of nitrogens with zero attached hydrogens (tertiary/aromatic N) is 1. The Hall–Kier alpha value is -1.75. The lowest BCUT2D eigenvalue weighted by Gasteiger charge is -2.34. The van der Waals surface area contributed by atoms with E-state index in [0.717, 1.165) is 12.8 Å². The molecule has 1 aromatic rings. The first-order chi connectivity index (χ1) is 9.62. The molecule has 0 radical (unpaired) electrons. The molecular formula is C15H21NO4. The Labute approximate surface area is 119 Å². The van der Waals surface area contributed by atoms with Gasteiger partial charge in [0.1, 0.15) is 0 Å². The van der Waals surface area contributed by atoms with Gasteiger partial charge < -0.3 is 19.5 Å². The molecule has 0 saturated heterocycles. The maximum atomic E-state index is 12.3. The number of benzene rings is 1. The number of carbonyl (C=O) groups is 1. The fourth-order valence-corrected chi connectivity index (χ4v) is 2.32. The Kier molecular flexibility index (Phi) is 4.49. The van der Waals surface area contributed by atoms with E-state index in [-0.39, 0.29) is 12.5 Å². The number of carbonyl (C=O) groups excluding carboxylic acids is 1. The van der Waals surface area contributed by atoms with Crippen LogP contribution in [0.25, 0.3) is 0 Å². The molecule has 0 saturated carbocycles. The zero-order chi connectivity index (χ0) is 14.7. The summed E-state index contributed by atoms with van der Waals surface area (Å²) in [7, 11) is 1.55. The molecule has 5 heteroatoms. The number of rotatable bonds is 5. The summed E-state index contributed by atoms with van der Waals surface area (Å²) in [6.45, 7) is 4.37. The van der Waals surface area contributed by atoms with Crippen LogP contribution in [0.3, 0.4) is 0 Å². The summed E-state index contributed by atoms with van der Waals surface area (Å²) >= 11 is 0. The Morgan fingerprint density at radius 1 is 1.45 bits per heavy atom. The van der Waals surface area contributed by atoms with Crippen molar-refractivity contribution in [1.29, 1.82) is 0 Å². The number of hydrogen-bond acceptors (Lipinski definition) is 4. The van der Waals surface area contributed by atoms with Gasteiger partial charge >= 0.3 is 0 Å². The smallest absolute Gasteiger partial charge is 0.267 e. The van der Waals surface area contributed by atoms with E-state index in [4.69, 9.17) is 9.47 Å². The second-order valence-electron chi connectivity index (χ2n) is 4.91. The molecule has 1 aliphatic heterocycles. The van der Waals surface area contributed by atoms with Crippen LogP contribution in [0.1, 0.15) is 32.3 Å². The minimum atomic E-state index is -0.520. The third kappa shape index (κ3) is 2.58. The summed E-state index contributed by atoms with van der Waals surface area (Å²) in [5.41, 5.74) is 1.39. The molecule has 2 rings (SSSR count). The van der Waals surface area contributed by atoms with Gasteiger partial charge in [0, 0.05) is 6.54 Å². The van der Waals surface area contributed by atoms with Gasteiger partial charge in [-0.1, -0.05) is 13.3 Å². The lowest BCUT2D eigenvalue weighted by Crippen LogP contribution is -2.45. The number of methoxy groups -OCH3 is 1. The van der Waals surface area contributed by atoms with Crippen molar-refractivity contribution in [2.45, 2.75) is 39.4 Å². The first kappa shape index (κ1) is 14.7. The molecule has 1 N–H and O–H groups in total. The van der Waals surface area contributed by atoms with E-state index >= 15 is 0 Å². The van der Waals surface area contributed by atoms with Crippen LogP contribution in [0.2, 0.25) is 0 Å². The van der Waals surface area contributed by atoms with Gasteiger partial charge in [0.2, 0.25) is 0 Å². The van der Waals surface area contributed by atoms with Crippen molar-refractivity contribution in [2.24, 2.45) is 0 Å². The predicted octanol–water partition coefficient (Wildman–Crippen LogP) is 2.10. The fourth-order valence-electron chi connectivity index (χ4n) is 2.32. The average molecular weight is 279 g/mol. The Morgan fingerprint density at radius 3 is 2.80 bits per heavy atom. The number of aliphatic hydroxyl groups excluding tert-OH is 1. The molecule has 5 nitrogen and oxygen atoms in total. The lowest BCUT2D eigenvalue weighted by molar-refractivity contribution is -0.125. The van der Waals surface area contributed by atoms with Crippen molar-refractivity contribution < 1.29 is 19.4 Å². The molecule has 0 aliphatic carbocycles. The van der Waals surface area contributed by atoms with Gasteiger partial charge in [-0.25, -0.2) is 0 Å². The van der Waals surface area contributed by atoms with E-state index < -0.39 is 6.10 Å². The third-order valence-electron chi connectivity index (χ3n) is 3.43. The molecular weight excluding hydrogens is 258 g/mol. The first-order valence-electron chi connectivity index (χ1n) is 6.92. The standard InChI is InChI=1S/C15H21NO4/c1-4-5-6-16-12-7-11(9-17)8-13(19-3)14(12)20-10(2)15(16)18/h7-8,10,17H,4-6,9H2,1-3H3. The van der Waals surface area contributed by atoms with Crippen LogP contribution in [-0.2, 0) is 11.4 Å². The third-order valence-corrected chi connectivity index (χ3v) is 3.43. The van der Waals surface area contributed by atoms with E-state index in [1.807, 2.05) is 0 Å². The van der Waals surface area contributed by atoms with Crippen LogP contribution in [0.4, 0.5) is 5.69 Å². The zero-order valence-corrected chi connectivity index (χ0v) is 12.2. The SMILES string of the molecule is CCCCN1C(=O)C(C)Oc2c(OC)cc(CO)cc21. The van der Waals surface area contributed by atoms with Gasteiger partial charge in [-0.05, 0) is 31.0 Å². The lowest BCUT2D eigenvalue weighted by atomic mass is 10.1. The Morgan fingerprint density at radius 2 is 2.20 bits per heavy atom. The highest BCUT2D eigenvalue weighted by molar-refractivity contribution is 6.00. The van der Waals surface area contributed by atoms with E-state index in [9.17, 15) is 9.90 Å². The van der Waals surface area contributed by atoms with Crippen molar-refractivity contribution in [2.75, 3.05) is 18.6 Å². The second kappa shape index (κ2) is 6.13. The normalized spacial score (nSPS) is 17.7. The van der Waals surface area contributed by atoms with Crippen LogP contribution in [-0.4, -0.2) is 30.8 Å². The van der Waals surface area contributed by atoms with Crippen LogP contribution >= 0.6 is 0 Å². The molecule has 110 valence electrons. The molecule has 20 heavy (non-hydrogen) atoms. The maximum Gasteiger partial charge on any atom is 0.267 e. The monoisotopic (exact) mass is 279 g/mol. The summed E-state index contributed by atoms with van der Waals surface area (Å²) in [6, 6.07) is 3.52. The fraction of sp³-hybridized carbons (Fsp3) is 0.533. The van der Waals surface area contributed by atoms with E-state index in [1.165, 1.54) is 0 Å². The highest BCUT2D eigenvalue weighted by atomic mass is 16.5. The van der Waals surface area contributed by atoms with Gasteiger partial charge in [0.15, 0.2) is 17.6 Å². The molecule has 1 aliphatic rings. The largest absolute Gasteiger partial charge is 0.493 e. The predicted molar refractivity (Wildman–Crippen MR) is 76.3 cm³/mol. The van der Waals surface area contributed by atoms with Crippen LogP contribution < -0.4 is 14.4 Å². The summed E-state index contributed by atoms with van der Waals surface area (Å²) in [5.74, 6) is 1.07. The van der Waals surface area contributed by atoms with E-state index in [2.05, 4.69) is 6.92 Å². The number of hydrogen-bond donors (Lipinski definition) is 1. The molecule has 0 fully saturated rings. The van der Waals surface area contributed by atoms with Gasteiger partial charge in [-0.2, -0.15) is 0 Å². The van der Waals surface area contributed by atoms with Crippen LogP contribution in [0.15, 0.2) is 12.1 Å².